The normalized spacial score (nSPS) is 12.6. The molecule has 0 saturated carbocycles. The van der Waals surface area contributed by atoms with Gasteiger partial charge in [-0.25, -0.2) is 4.98 Å². The van der Waals surface area contributed by atoms with Crippen LogP contribution in [0.5, 0.6) is 0 Å². The highest BCUT2D eigenvalue weighted by Crippen LogP contribution is 2.31. The summed E-state index contributed by atoms with van der Waals surface area (Å²) in [6.45, 7) is 0.652. The molecule has 1 atom stereocenters. The number of imidazole rings is 1. The van der Waals surface area contributed by atoms with Crippen molar-refractivity contribution in [1.82, 2.24) is 9.55 Å². The van der Waals surface area contributed by atoms with Gasteiger partial charge < -0.3 is 10.3 Å². The van der Waals surface area contributed by atoms with Gasteiger partial charge in [0, 0.05) is 29.8 Å². The molecular weight excluding hydrogens is 278 g/mol. The van der Waals surface area contributed by atoms with Crippen molar-refractivity contribution in [3.05, 3.63) is 52.5 Å². The maximum atomic E-state index is 5.72. The van der Waals surface area contributed by atoms with Crippen molar-refractivity contribution in [3.8, 4) is 0 Å². The maximum Gasteiger partial charge on any atom is 0.116 e. The lowest BCUT2D eigenvalue weighted by molar-refractivity contribution is 0.646. The fourth-order valence-corrected chi connectivity index (χ4v) is 2.62. The molecule has 0 fully saturated rings. The Bertz CT molecular complexity index is 493. The minimum Gasteiger partial charge on any atom is -0.337 e. The highest BCUT2D eigenvalue weighted by molar-refractivity contribution is 9.10. The van der Waals surface area contributed by atoms with Crippen LogP contribution in [0.3, 0.4) is 0 Å². The van der Waals surface area contributed by atoms with Crippen LogP contribution in [0.25, 0.3) is 0 Å². The summed E-state index contributed by atoms with van der Waals surface area (Å²) < 4.78 is 3.17. The summed E-state index contributed by atoms with van der Waals surface area (Å²) in [6.07, 6.45) is 4.69. The van der Waals surface area contributed by atoms with Crippen molar-refractivity contribution in [2.75, 3.05) is 6.54 Å². The summed E-state index contributed by atoms with van der Waals surface area (Å²) in [7, 11) is 2.02. The molecule has 0 spiro atoms. The molecule has 0 aliphatic heterocycles. The Balaban J connectivity index is 2.43. The number of rotatable bonds is 4. The van der Waals surface area contributed by atoms with Gasteiger partial charge in [-0.2, -0.15) is 0 Å². The molecule has 2 aromatic rings. The third kappa shape index (κ3) is 2.58. The van der Waals surface area contributed by atoms with Crippen LogP contribution in [0.4, 0.5) is 0 Å². The van der Waals surface area contributed by atoms with Crippen molar-refractivity contribution in [1.29, 1.82) is 0 Å². The van der Waals surface area contributed by atoms with Gasteiger partial charge in [0.25, 0.3) is 0 Å². The second-order valence-corrected chi connectivity index (χ2v) is 4.90. The van der Waals surface area contributed by atoms with E-state index >= 15 is 0 Å². The Morgan fingerprint density at radius 2 is 2.18 bits per heavy atom. The average Bonchev–Trinajstić information content (AvgIpc) is 2.74. The van der Waals surface area contributed by atoms with Crippen LogP contribution in [0.15, 0.2) is 41.1 Å². The summed E-state index contributed by atoms with van der Waals surface area (Å²) in [5.41, 5.74) is 6.96. The van der Waals surface area contributed by atoms with Gasteiger partial charge in [0.2, 0.25) is 0 Å². The van der Waals surface area contributed by atoms with E-state index in [0.717, 1.165) is 16.7 Å². The number of hydrogen-bond acceptors (Lipinski definition) is 2. The summed E-state index contributed by atoms with van der Waals surface area (Å²) in [5, 5.41) is 0. The SMILES string of the molecule is Cn1ccnc1C(CCN)c1ccccc1Br. The molecule has 3 nitrogen and oxygen atoms in total. The first-order valence-electron chi connectivity index (χ1n) is 5.65. The lowest BCUT2D eigenvalue weighted by Gasteiger charge is -2.17. The van der Waals surface area contributed by atoms with Gasteiger partial charge in [-0.1, -0.05) is 34.1 Å². The fourth-order valence-electron chi connectivity index (χ4n) is 2.06. The highest BCUT2D eigenvalue weighted by Gasteiger charge is 2.19. The summed E-state index contributed by atoms with van der Waals surface area (Å²) in [4.78, 5) is 4.44. The Kier molecular flexibility index (Phi) is 3.97. The molecule has 90 valence electrons. The van der Waals surface area contributed by atoms with E-state index in [1.807, 2.05) is 31.6 Å². The van der Waals surface area contributed by atoms with Crippen molar-refractivity contribution in [2.24, 2.45) is 12.8 Å². The van der Waals surface area contributed by atoms with Crippen molar-refractivity contribution < 1.29 is 0 Å². The second kappa shape index (κ2) is 5.47. The Hall–Kier alpha value is -1.13. The molecular formula is C13H16BrN3. The van der Waals surface area contributed by atoms with Gasteiger partial charge >= 0.3 is 0 Å². The number of nitrogens with two attached hydrogens (primary N) is 1. The van der Waals surface area contributed by atoms with Gasteiger partial charge in [0.15, 0.2) is 0 Å². The van der Waals surface area contributed by atoms with Crippen molar-refractivity contribution in [3.63, 3.8) is 0 Å². The Labute approximate surface area is 110 Å². The number of hydrogen-bond donors (Lipinski definition) is 1. The lowest BCUT2D eigenvalue weighted by atomic mass is 9.95. The third-order valence-corrected chi connectivity index (χ3v) is 3.63. The van der Waals surface area contributed by atoms with Crippen LogP contribution in [0.1, 0.15) is 23.7 Å². The molecule has 0 bridgehead atoms. The van der Waals surface area contributed by atoms with Gasteiger partial charge in [0.05, 0.1) is 0 Å². The number of aromatic nitrogens is 2. The molecule has 1 heterocycles. The monoisotopic (exact) mass is 293 g/mol. The van der Waals surface area contributed by atoms with E-state index in [1.165, 1.54) is 5.56 Å². The zero-order valence-corrected chi connectivity index (χ0v) is 11.4. The molecule has 0 amide bonds. The highest BCUT2D eigenvalue weighted by atomic mass is 79.9. The molecule has 4 heteroatoms. The summed E-state index contributed by atoms with van der Waals surface area (Å²) in [5.74, 6) is 1.30. The molecule has 0 radical (unpaired) electrons. The Morgan fingerprint density at radius 1 is 1.41 bits per heavy atom. The van der Waals surface area contributed by atoms with Crippen molar-refractivity contribution in [2.45, 2.75) is 12.3 Å². The first kappa shape index (κ1) is 12.3. The Morgan fingerprint density at radius 3 is 2.76 bits per heavy atom. The summed E-state index contributed by atoms with van der Waals surface area (Å²) >= 11 is 3.60. The largest absolute Gasteiger partial charge is 0.337 e. The van der Waals surface area contributed by atoms with Gasteiger partial charge in [-0.3, -0.25) is 0 Å². The van der Waals surface area contributed by atoms with Gasteiger partial charge in [-0.15, -0.1) is 0 Å². The third-order valence-electron chi connectivity index (χ3n) is 2.91. The maximum absolute atomic E-state index is 5.72. The molecule has 1 aromatic carbocycles. The van der Waals surface area contributed by atoms with Gasteiger partial charge in [-0.05, 0) is 24.6 Å². The van der Waals surface area contributed by atoms with E-state index in [0.29, 0.717) is 6.54 Å². The smallest absolute Gasteiger partial charge is 0.116 e. The van der Waals surface area contributed by atoms with E-state index in [2.05, 4.69) is 37.6 Å². The molecule has 17 heavy (non-hydrogen) atoms. The topological polar surface area (TPSA) is 43.8 Å². The minimum absolute atomic E-state index is 0.246. The standard InChI is InChI=1S/C13H16BrN3/c1-17-9-8-16-13(17)11(6-7-15)10-4-2-3-5-12(10)14/h2-5,8-9,11H,6-7,15H2,1H3. The van der Waals surface area contributed by atoms with Crippen LogP contribution in [-0.2, 0) is 7.05 Å². The first-order chi connectivity index (χ1) is 8.24. The number of benzene rings is 1. The molecule has 0 saturated heterocycles. The lowest BCUT2D eigenvalue weighted by Crippen LogP contribution is -2.13. The predicted octanol–water partition coefficient (Wildman–Crippen LogP) is 2.66. The van der Waals surface area contributed by atoms with Crippen LogP contribution >= 0.6 is 15.9 Å². The molecule has 2 rings (SSSR count). The fraction of sp³-hybridized carbons (Fsp3) is 0.308. The second-order valence-electron chi connectivity index (χ2n) is 4.05. The molecule has 0 aliphatic carbocycles. The number of nitrogens with zero attached hydrogens (tertiary/aromatic N) is 2. The molecule has 0 aliphatic rings. The minimum atomic E-state index is 0.246. The van der Waals surface area contributed by atoms with E-state index in [-0.39, 0.29) is 5.92 Å². The van der Waals surface area contributed by atoms with Crippen molar-refractivity contribution >= 4 is 15.9 Å². The molecule has 1 unspecified atom stereocenters. The predicted molar refractivity (Wildman–Crippen MR) is 72.9 cm³/mol. The average molecular weight is 294 g/mol. The zero-order chi connectivity index (χ0) is 12.3. The first-order valence-corrected chi connectivity index (χ1v) is 6.45. The van der Waals surface area contributed by atoms with Crippen LogP contribution in [-0.4, -0.2) is 16.1 Å². The van der Waals surface area contributed by atoms with E-state index in [1.54, 1.807) is 0 Å². The van der Waals surface area contributed by atoms with E-state index < -0.39 is 0 Å². The number of aryl methyl sites for hydroxylation is 1. The van der Waals surface area contributed by atoms with E-state index in [9.17, 15) is 0 Å². The van der Waals surface area contributed by atoms with Gasteiger partial charge in [0.1, 0.15) is 5.82 Å². The summed E-state index contributed by atoms with van der Waals surface area (Å²) in [6, 6.07) is 8.25. The zero-order valence-electron chi connectivity index (χ0n) is 9.81. The quantitative estimate of drug-likeness (QED) is 0.942. The number of halogens is 1. The molecule has 1 aromatic heterocycles. The van der Waals surface area contributed by atoms with Crippen LogP contribution < -0.4 is 5.73 Å². The van der Waals surface area contributed by atoms with Crippen LogP contribution in [0, 0.1) is 0 Å². The molecule has 2 N–H and O–H groups in total. The van der Waals surface area contributed by atoms with E-state index in [4.69, 9.17) is 5.73 Å². The van der Waals surface area contributed by atoms with Crippen LogP contribution in [0.2, 0.25) is 0 Å².